The molecular weight excluding hydrogens is 318 g/mol. The Bertz CT molecular complexity index is 545. The molecule has 25 heavy (non-hydrogen) atoms. The first-order valence-corrected chi connectivity index (χ1v) is 9.45. The summed E-state index contributed by atoms with van der Waals surface area (Å²) in [5.74, 6) is 0.731. The summed E-state index contributed by atoms with van der Waals surface area (Å²) >= 11 is 0. The van der Waals surface area contributed by atoms with Crippen molar-refractivity contribution in [3.05, 3.63) is 18.1 Å². The van der Waals surface area contributed by atoms with Crippen LogP contribution in [-0.2, 0) is 4.74 Å². The summed E-state index contributed by atoms with van der Waals surface area (Å²) < 4.78 is 5.32. The zero-order chi connectivity index (χ0) is 17.5. The van der Waals surface area contributed by atoms with Crippen LogP contribution in [0.1, 0.15) is 43.1 Å². The van der Waals surface area contributed by atoms with Crippen LogP contribution in [0.5, 0.6) is 0 Å². The molecular formula is C18H29N5O2. The Balaban J connectivity index is 1.49. The third-order valence-electron chi connectivity index (χ3n) is 5.08. The van der Waals surface area contributed by atoms with Gasteiger partial charge in [0.05, 0.1) is 25.6 Å². The van der Waals surface area contributed by atoms with Gasteiger partial charge in [0, 0.05) is 38.8 Å². The first kappa shape index (κ1) is 18.1. The van der Waals surface area contributed by atoms with E-state index in [1.54, 1.807) is 12.4 Å². The van der Waals surface area contributed by atoms with E-state index < -0.39 is 0 Å². The van der Waals surface area contributed by atoms with Crippen molar-refractivity contribution in [2.45, 2.75) is 38.6 Å². The second-order valence-corrected chi connectivity index (χ2v) is 6.72. The Morgan fingerprint density at radius 1 is 1.24 bits per heavy atom. The van der Waals surface area contributed by atoms with Crippen molar-refractivity contribution < 1.29 is 9.53 Å². The number of nitrogens with zero attached hydrogens (tertiary/aromatic N) is 4. The van der Waals surface area contributed by atoms with Gasteiger partial charge in [0.2, 0.25) is 0 Å². The highest BCUT2D eigenvalue weighted by Gasteiger charge is 2.22. The summed E-state index contributed by atoms with van der Waals surface area (Å²) in [6.45, 7) is 8.10. The maximum absolute atomic E-state index is 12.2. The second kappa shape index (κ2) is 9.10. The van der Waals surface area contributed by atoms with Crippen LogP contribution in [0.3, 0.4) is 0 Å². The van der Waals surface area contributed by atoms with Crippen LogP contribution in [0.2, 0.25) is 0 Å². The van der Waals surface area contributed by atoms with Gasteiger partial charge in [-0.3, -0.25) is 9.69 Å². The standard InChI is InChI=1S/C18H29N5O2/c1-2-15-5-3-4-7-23(15)17-14-20-16(13-21-17)18(24)19-6-8-22-9-11-25-12-10-22/h13-15H,2-12H2,1H3,(H,19,24). The van der Waals surface area contributed by atoms with Gasteiger partial charge >= 0.3 is 0 Å². The molecule has 1 amide bonds. The van der Waals surface area contributed by atoms with Crippen molar-refractivity contribution in [2.24, 2.45) is 0 Å². The smallest absolute Gasteiger partial charge is 0.271 e. The molecule has 7 nitrogen and oxygen atoms in total. The van der Waals surface area contributed by atoms with Crippen LogP contribution in [-0.4, -0.2) is 72.8 Å². The molecule has 138 valence electrons. The van der Waals surface area contributed by atoms with Gasteiger partial charge in [-0.1, -0.05) is 6.92 Å². The number of carbonyl (C=O) groups is 1. The molecule has 1 unspecified atom stereocenters. The predicted molar refractivity (Wildman–Crippen MR) is 96.9 cm³/mol. The number of piperidine rings is 1. The Hall–Kier alpha value is -1.73. The third-order valence-corrected chi connectivity index (χ3v) is 5.08. The normalized spacial score (nSPS) is 22.0. The van der Waals surface area contributed by atoms with E-state index in [0.717, 1.165) is 51.6 Å². The fraction of sp³-hybridized carbons (Fsp3) is 0.722. The van der Waals surface area contributed by atoms with Gasteiger partial charge in [0.1, 0.15) is 11.5 Å². The molecule has 1 aromatic heterocycles. The predicted octanol–water partition coefficient (Wildman–Crippen LogP) is 1.31. The maximum atomic E-state index is 12.2. The lowest BCUT2D eigenvalue weighted by atomic mass is 10.0. The number of hydrogen-bond acceptors (Lipinski definition) is 6. The van der Waals surface area contributed by atoms with E-state index in [2.05, 4.69) is 32.0 Å². The first-order valence-electron chi connectivity index (χ1n) is 9.45. The average molecular weight is 347 g/mol. The van der Waals surface area contributed by atoms with E-state index in [1.165, 1.54) is 19.3 Å². The van der Waals surface area contributed by atoms with Crippen LogP contribution < -0.4 is 10.2 Å². The minimum absolute atomic E-state index is 0.155. The average Bonchev–Trinajstić information content (AvgIpc) is 2.69. The highest BCUT2D eigenvalue weighted by Crippen LogP contribution is 2.24. The molecule has 2 aliphatic rings. The number of nitrogens with one attached hydrogen (secondary N) is 1. The van der Waals surface area contributed by atoms with Gasteiger partial charge < -0.3 is 15.0 Å². The van der Waals surface area contributed by atoms with E-state index in [4.69, 9.17) is 4.74 Å². The molecule has 0 spiro atoms. The summed E-state index contributed by atoms with van der Waals surface area (Å²) in [6, 6.07) is 0.538. The number of morpholine rings is 1. The zero-order valence-corrected chi connectivity index (χ0v) is 15.1. The number of aromatic nitrogens is 2. The quantitative estimate of drug-likeness (QED) is 0.837. The molecule has 7 heteroatoms. The molecule has 0 aromatic carbocycles. The fourth-order valence-electron chi connectivity index (χ4n) is 3.56. The fourth-order valence-corrected chi connectivity index (χ4v) is 3.56. The SMILES string of the molecule is CCC1CCCCN1c1cnc(C(=O)NCCN2CCOCC2)cn1. The van der Waals surface area contributed by atoms with Gasteiger partial charge in [0.25, 0.3) is 5.91 Å². The third kappa shape index (κ3) is 4.89. The van der Waals surface area contributed by atoms with Gasteiger partial charge in [-0.15, -0.1) is 0 Å². The van der Waals surface area contributed by atoms with Crippen molar-refractivity contribution >= 4 is 11.7 Å². The van der Waals surface area contributed by atoms with Crippen LogP contribution in [0.15, 0.2) is 12.4 Å². The van der Waals surface area contributed by atoms with Gasteiger partial charge in [-0.25, -0.2) is 9.97 Å². The Morgan fingerprint density at radius 2 is 2.08 bits per heavy atom. The Morgan fingerprint density at radius 3 is 2.80 bits per heavy atom. The lowest BCUT2D eigenvalue weighted by Gasteiger charge is -2.35. The monoisotopic (exact) mass is 347 g/mol. The molecule has 0 aliphatic carbocycles. The molecule has 1 aromatic rings. The van der Waals surface area contributed by atoms with E-state index in [1.807, 2.05) is 0 Å². The number of carbonyl (C=O) groups excluding carboxylic acids is 1. The first-order chi connectivity index (χ1) is 12.3. The van der Waals surface area contributed by atoms with E-state index in [9.17, 15) is 4.79 Å². The summed E-state index contributed by atoms with van der Waals surface area (Å²) in [6.07, 6.45) is 8.15. The van der Waals surface area contributed by atoms with Crippen molar-refractivity contribution in [3.8, 4) is 0 Å². The van der Waals surface area contributed by atoms with E-state index >= 15 is 0 Å². The van der Waals surface area contributed by atoms with Crippen LogP contribution >= 0.6 is 0 Å². The minimum atomic E-state index is -0.155. The highest BCUT2D eigenvalue weighted by atomic mass is 16.5. The molecule has 3 heterocycles. The molecule has 2 aliphatic heterocycles. The molecule has 0 saturated carbocycles. The molecule has 1 N–H and O–H groups in total. The summed E-state index contributed by atoms with van der Waals surface area (Å²) in [7, 11) is 0. The maximum Gasteiger partial charge on any atom is 0.271 e. The zero-order valence-electron chi connectivity index (χ0n) is 15.1. The van der Waals surface area contributed by atoms with Crippen molar-refractivity contribution in [2.75, 3.05) is 50.8 Å². The van der Waals surface area contributed by atoms with Crippen LogP contribution in [0.4, 0.5) is 5.82 Å². The molecule has 0 radical (unpaired) electrons. The van der Waals surface area contributed by atoms with Crippen molar-refractivity contribution in [3.63, 3.8) is 0 Å². The molecule has 3 rings (SSSR count). The van der Waals surface area contributed by atoms with Gasteiger partial charge in [-0.2, -0.15) is 0 Å². The summed E-state index contributed by atoms with van der Waals surface area (Å²) in [5, 5.41) is 2.93. The number of anilines is 1. The Labute approximate surface area is 149 Å². The number of amides is 1. The van der Waals surface area contributed by atoms with Crippen molar-refractivity contribution in [1.82, 2.24) is 20.2 Å². The number of hydrogen-bond donors (Lipinski definition) is 1. The topological polar surface area (TPSA) is 70.6 Å². The van der Waals surface area contributed by atoms with Crippen molar-refractivity contribution in [1.29, 1.82) is 0 Å². The van der Waals surface area contributed by atoms with Crippen LogP contribution in [0, 0.1) is 0 Å². The Kier molecular flexibility index (Phi) is 6.58. The molecule has 0 bridgehead atoms. The molecule has 2 fully saturated rings. The summed E-state index contributed by atoms with van der Waals surface area (Å²) in [5.41, 5.74) is 0.385. The number of rotatable bonds is 6. The minimum Gasteiger partial charge on any atom is -0.379 e. The second-order valence-electron chi connectivity index (χ2n) is 6.72. The van der Waals surface area contributed by atoms with E-state index in [-0.39, 0.29) is 5.91 Å². The molecule has 1 atom stereocenters. The van der Waals surface area contributed by atoms with Gasteiger partial charge in [-0.05, 0) is 25.7 Å². The summed E-state index contributed by atoms with van der Waals surface area (Å²) in [4.78, 5) is 25.7. The number of ether oxygens (including phenoxy) is 1. The largest absolute Gasteiger partial charge is 0.379 e. The van der Waals surface area contributed by atoms with Crippen LogP contribution in [0.25, 0.3) is 0 Å². The van der Waals surface area contributed by atoms with E-state index in [0.29, 0.717) is 18.3 Å². The van der Waals surface area contributed by atoms with Gasteiger partial charge in [0.15, 0.2) is 0 Å². The lowest BCUT2D eigenvalue weighted by Crippen LogP contribution is -2.41. The molecule has 2 saturated heterocycles. The lowest BCUT2D eigenvalue weighted by molar-refractivity contribution is 0.0383. The highest BCUT2D eigenvalue weighted by molar-refractivity contribution is 5.92.